The molecule has 2 heterocycles. The summed E-state index contributed by atoms with van der Waals surface area (Å²) < 4.78 is 1.76. The molecule has 2 aromatic heterocycles. The van der Waals surface area contributed by atoms with E-state index in [1.54, 1.807) is 17.9 Å². The molecule has 24 heavy (non-hydrogen) atoms. The predicted octanol–water partition coefficient (Wildman–Crippen LogP) is 1.50. The first kappa shape index (κ1) is 17.5. The number of rotatable bonds is 6. The Morgan fingerprint density at radius 2 is 2.08 bits per heavy atom. The standard InChI is InChI=1S/C16H21N5O3/c1-11-8-12(2)21(19-11)14-5-4-13(9-17-14)10-18-16(24)20(3)7-6-15(22)23/h4-5,8-9H,6-7,10H2,1-3H3,(H,18,24)(H,22,23). The van der Waals surface area contributed by atoms with Crippen molar-refractivity contribution in [1.82, 2.24) is 25.0 Å². The zero-order chi connectivity index (χ0) is 17.7. The summed E-state index contributed by atoms with van der Waals surface area (Å²) in [5.41, 5.74) is 2.77. The molecule has 0 saturated heterocycles. The average Bonchev–Trinajstić information content (AvgIpc) is 2.89. The number of hydrogen-bond acceptors (Lipinski definition) is 4. The largest absolute Gasteiger partial charge is 0.481 e. The van der Waals surface area contributed by atoms with E-state index in [2.05, 4.69) is 15.4 Å². The molecule has 0 bridgehead atoms. The van der Waals surface area contributed by atoms with Gasteiger partial charge in [-0.2, -0.15) is 5.10 Å². The number of nitrogens with zero attached hydrogens (tertiary/aromatic N) is 4. The molecule has 0 saturated carbocycles. The zero-order valence-corrected chi connectivity index (χ0v) is 14.0. The number of carbonyl (C=O) groups is 2. The molecule has 0 aliphatic heterocycles. The lowest BCUT2D eigenvalue weighted by Gasteiger charge is -2.16. The molecule has 0 spiro atoms. The van der Waals surface area contributed by atoms with Gasteiger partial charge < -0.3 is 15.3 Å². The molecule has 2 aromatic rings. The fourth-order valence-electron chi connectivity index (χ4n) is 2.18. The number of aromatic nitrogens is 3. The van der Waals surface area contributed by atoms with Crippen molar-refractivity contribution in [3.63, 3.8) is 0 Å². The van der Waals surface area contributed by atoms with Crippen LogP contribution in [-0.4, -0.2) is 50.4 Å². The second-order valence-electron chi connectivity index (χ2n) is 5.59. The number of urea groups is 1. The Morgan fingerprint density at radius 3 is 2.62 bits per heavy atom. The van der Waals surface area contributed by atoms with Crippen LogP contribution in [0.1, 0.15) is 23.4 Å². The quantitative estimate of drug-likeness (QED) is 0.835. The van der Waals surface area contributed by atoms with Crippen LogP contribution < -0.4 is 5.32 Å². The highest BCUT2D eigenvalue weighted by Crippen LogP contribution is 2.10. The summed E-state index contributed by atoms with van der Waals surface area (Å²) in [5.74, 6) is -0.215. The molecule has 8 nitrogen and oxygen atoms in total. The first-order valence-corrected chi connectivity index (χ1v) is 7.56. The number of amides is 2. The van der Waals surface area contributed by atoms with Gasteiger partial charge in [-0.25, -0.2) is 14.5 Å². The van der Waals surface area contributed by atoms with Crippen LogP contribution in [0.2, 0.25) is 0 Å². The summed E-state index contributed by atoms with van der Waals surface area (Å²) in [6, 6.07) is 5.37. The highest BCUT2D eigenvalue weighted by Gasteiger charge is 2.10. The van der Waals surface area contributed by atoms with Crippen LogP contribution in [-0.2, 0) is 11.3 Å². The van der Waals surface area contributed by atoms with Crippen LogP contribution in [0.5, 0.6) is 0 Å². The predicted molar refractivity (Wildman–Crippen MR) is 88.0 cm³/mol. The molecular formula is C16H21N5O3. The molecule has 0 unspecified atom stereocenters. The molecule has 2 rings (SSSR count). The lowest BCUT2D eigenvalue weighted by Crippen LogP contribution is -2.38. The molecular weight excluding hydrogens is 310 g/mol. The van der Waals surface area contributed by atoms with Gasteiger partial charge in [0.1, 0.15) is 0 Å². The number of carboxylic acids is 1. The van der Waals surface area contributed by atoms with Crippen LogP contribution in [0.4, 0.5) is 4.79 Å². The molecule has 0 aliphatic rings. The lowest BCUT2D eigenvalue weighted by atomic mass is 10.3. The van der Waals surface area contributed by atoms with Gasteiger partial charge >= 0.3 is 12.0 Å². The Hall–Kier alpha value is -2.90. The Morgan fingerprint density at radius 1 is 1.33 bits per heavy atom. The monoisotopic (exact) mass is 331 g/mol. The maximum atomic E-state index is 11.9. The second kappa shape index (κ2) is 7.58. The van der Waals surface area contributed by atoms with Crippen molar-refractivity contribution in [2.24, 2.45) is 0 Å². The number of aryl methyl sites for hydroxylation is 2. The van der Waals surface area contributed by atoms with Gasteiger partial charge in [0.05, 0.1) is 12.1 Å². The van der Waals surface area contributed by atoms with Gasteiger partial charge in [-0.3, -0.25) is 4.79 Å². The minimum absolute atomic E-state index is 0.0805. The Bertz CT molecular complexity index is 724. The summed E-state index contributed by atoms with van der Waals surface area (Å²) in [6.07, 6.45) is 1.60. The minimum Gasteiger partial charge on any atom is -0.481 e. The summed E-state index contributed by atoms with van der Waals surface area (Å²) >= 11 is 0. The number of aliphatic carboxylic acids is 1. The number of carbonyl (C=O) groups excluding carboxylic acids is 1. The van der Waals surface area contributed by atoms with E-state index in [1.165, 1.54) is 4.90 Å². The van der Waals surface area contributed by atoms with Crippen LogP contribution in [0.3, 0.4) is 0 Å². The summed E-state index contributed by atoms with van der Waals surface area (Å²) in [6.45, 7) is 4.37. The van der Waals surface area contributed by atoms with Crippen molar-refractivity contribution in [1.29, 1.82) is 0 Å². The second-order valence-corrected chi connectivity index (χ2v) is 5.59. The van der Waals surface area contributed by atoms with Crippen molar-refractivity contribution in [2.75, 3.05) is 13.6 Å². The van der Waals surface area contributed by atoms with E-state index < -0.39 is 5.97 Å². The van der Waals surface area contributed by atoms with Crippen LogP contribution in [0.15, 0.2) is 24.4 Å². The fraction of sp³-hybridized carbons (Fsp3) is 0.375. The van der Waals surface area contributed by atoms with Crippen LogP contribution in [0, 0.1) is 13.8 Å². The highest BCUT2D eigenvalue weighted by atomic mass is 16.4. The number of hydrogen-bond donors (Lipinski definition) is 2. The summed E-state index contributed by atoms with van der Waals surface area (Å²) in [4.78, 5) is 28.1. The molecule has 0 radical (unpaired) electrons. The summed E-state index contributed by atoms with van der Waals surface area (Å²) in [5, 5.41) is 15.7. The topological polar surface area (TPSA) is 100 Å². The van der Waals surface area contributed by atoms with Gasteiger partial charge in [-0.1, -0.05) is 6.07 Å². The van der Waals surface area contributed by atoms with E-state index in [1.807, 2.05) is 32.0 Å². The fourth-order valence-corrected chi connectivity index (χ4v) is 2.18. The van der Waals surface area contributed by atoms with Gasteiger partial charge in [-0.05, 0) is 31.5 Å². The third-order valence-corrected chi connectivity index (χ3v) is 3.49. The minimum atomic E-state index is -0.932. The molecule has 0 atom stereocenters. The maximum absolute atomic E-state index is 11.9. The van der Waals surface area contributed by atoms with Crippen molar-refractivity contribution in [3.8, 4) is 5.82 Å². The van der Waals surface area contributed by atoms with Crippen LogP contribution >= 0.6 is 0 Å². The Balaban J connectivity index is 1.91. The third kappa shape index (κ3) is 4.55. The Labute approximate surface area is 140 Å². The molecule has 128 valence electrons. The molecule has 2 amide bonds. The SMILES string of the molecule is Cc1cc(C)n(-c2ccc(CNC(=O)N(C)CCC(=O)O)cn2)n1. The van der Waals surface area contributed by atoms with Gasteiger partial charge in [0.2, 0.25) is 0 Å². The smallest absolute Gasteiger partial charge is 0.317 e. The molecule has 2 N–H and O–H groups in total. The lowest BCUT2D eigenvalue weighted by molar-refractivity contribution is -0.137. The zero-order valence-electron chi connectivity index (χ0n) is 14.0. The van der Waals surface area contributed by atoms with E-state index in [9.17, 15) is 9.59 Å². The van der Waals surface area contributed by atoms with Gasteiger partial charge in [0, 0.05) is 32.0 Å². The average molecular weight is 331 g/mol. The van der Waals surface area contributed by atoms with E-state index in [-0.39, 0.29) is 19.0 Å². The number of pyridine rings is 1. The normalized spacial score (nSPS) is 10.5. The number of nitrogens with one attached hydrogen (secondary N) is 1. The van der Waals surface area contributed by atoms with Crippen molar-refractivity contribution in [3.05, 3.63) is 41.3 Å². The molecule has 0 aliphatic carbocycles. The Kier molecular flexibility index (Phi) is 5.51. The van der Waals surface area contributed by atoms with Gasteiger partial charge in [0.15, 0.2) is 5.82 Å². The van der Waals surface area contributed by atoms with E-state index in [0.29, 0.717) is 12.4 Å². The summed E-state index contributed by atoms with van der Waals surface area (Å²) in [7, 11) is 1.56. The third-order valence-electron chi connectivity index (χ3n) is 3.49. The van der Waals surface area contributed by atoms with E-state index in [0.717, 1.165) is 17.0 Å². The van der Waals surface area contributed by atoms with E-state index in [4.69, 9.17) is 5.11 Å². The number of carboxylic acid groups (broad SMARTS) is 1. The van der Waals surface area contributed by atoms with Crippen LogP contribution in [0.25, 0.3) is 5.82 Å². The molecule has 0 fully saturated rings. The van der Waals surface area contributed by atoms with Crippen molar-refractivity contribution in [2.45, 2.75) is 26.8 Å². The molecule has 0 aromatic carbocycles. The van der Waals surface area contributed by atoms with Gasteiger partial charge in [-0.15, -0.1) is 0 Å². The van der Waals surface area contributed by atoms with Crippen molar-refractivity contribution < 1.29 is 14.7 Å². The maximum Gasteiger partial charge on any atom is 0.317 e. The van der Waals surface area contributed by atoms with Gasteiger partial charge in [0.25, 0.3) is 0 Å². The highest BCUT2D eigenvalue weighted by molar-refractivity contribution is 5.75. The molecule has 8 heteroatoms. The van der Waals surface area contributed by atoms with Crippen molar-refractivity contribution >= 4 is 12.0 Å². The first-order chi connectivity index (χ1) is 11.4. The first-order valence-electron chi connectivity index (χ1n) is 7.56. The van der Waals surface area contributed by atoms with E-state index >= 15 is 0 Å².